The Morgan fingerprint density at radius 3 is 2.65 bits per heavy atom. The van der Waals surface area contributed by atoms with Crippen LogP contribution in [0.25, 0.3) is 10.9 Å². The second-order valence-electron chi connectivity index (χ2n) is 5.26. The number of hydrogen-bond donors (Lipinski definition) is 0. The maximum absolute atomic E-state index is 12.3. The van der Waals surface area contributed by atoms with Crippen LogP contribution in [0.3, 0.4) is 0 Å². The van der Waals surface area contributed by atoms with E-state index in [-0.39, 0.29) is 18.7 Å². The Bertz CT molecular complexity index is 898. The van der Waals surface area contributed by atoms with Crippen LogP contribution in [0, 0.1) is 6.92 Å². The van der Waals surface area contributed by atoms with E-state index in [0.717, 1.165) is 5.56 Å². The van der Waals surface area contributed by atoms with E-state index in [4.69, 9.17) is 4.74 Å². The third-order valence-electron chi connectivity index (χ3n) is 3.58. The number of ether oxygens (including phenoxy) is 1. The number of esters is 1. The molecule has 3 aromatic rings. The van der Waals surface area contributed by atoms with Gasteiger partial charge in [0.1, 0.15) is 6.61 Å². The van der Waals surface area contributed by atoms with E-state index in [2.05, 4.69) is 4.98 Å². The lowest BCUT2D eigenvalue weighted by Gasteiger charge is -2.08. The highest BCUT2D eigenvalue weighted by Gasteiger charge is 2.07. The summed E-state index contributed by atoms with van der Waals surface area (Å²) < 4.78 is 6.66. The average Bonchev–Trinajstić information content (AvgIpc) is 2.57. The van der Waals surface area contributed by atoms with Crippen molar-refractivity contribution < 1.29 is 9.53 Å². The summed E-state index contributed by atoms with van der Waals surface area (Å²) in [5.74, 6) is -0.396. The number of para-hydroxylation sites is 1. The molecule has 5 heteroatoms. The van der Waals surface area contributed by atoms with Crippen molar-refractivity contribution in [2.45, 2.75) is 13.5 Å². The number of aromatic nitrogens is 2. The van der Waals surface area contributed by atoms with Crippen LogP contribution in [0.5, 0.6) is 0 Å². The summed E-state index contributed by atoms with van der Waals surface area (Å²) in [6.07, 6.45) is 1.48. The number of fused-ring (bicyclic) bond motifs is 1. The molecule has 2 aromatic carbocycles. The predicted molar refractivity (Wildman–Crippen MR) is 87.5 cm³/mol. The van der Waals surface area contributed by atoms with E-state index in [1.54, 1.807) is 30.3 Å². The van der Waals surface area contributed by atoms with Gasteiger partial charge in [-0.3, -0.25) is 9.36 Å². The first-order chi connectivity index (χ1) is 11.1. The summed E-state index contributed by atoms with van der Waals surface area (Å²) in [5, 5.41) is 0.555. The highest BCUT2D eigenvalue weighted by atomic mass is 16.5. The van der Waals surface area contributed by atoms with E-state index in [1.807, 2.05) is 25.1 Å². The number of aryl methyl sites for hydroxylation is 1. The summed E-state index contributed by atoms with van der Waals surface area (Å²) in [5.41, 5.74) is 2.10. The van der Waals surface area contributed by atoms with Crippen molar-refractivity contribution in [1.82, 2.24) is 9.55 Å². The fraction of sp³-hybridized carbons (Fsp3) is 0.167. The minimum absolute atomic E-state index is 0.118. The zero-order valence-electron chi connectivity index (χ0n) is 12.7. The second-order valence-corrected chi connectivity index (χ2v) is 5.26. The molecule has 23 heavy (non-hydrogen) atoms. The summed E-state index contributed by atoms with van der Waals surface area (Å²) in [7, 11) is 0. The number of benzene rings is 2. The smallest absolute Gasteiger partial charge is 0.338 e. The molecule has 0 spiro atoms. The molecule has 5 nitrogen and oxygen atoms in total. The molecule has 0 aliphatic carbocycles. The van der Waals surface area contributed by atoms with Crippen LogP contribution >= 0.6 is 0 Å². The van der Waals surface area contributed by atoms with Crippen molar-refractivity contribution in [3.8, 4) is 0 Å². The van der Waals surface area contributed by atoms with Crippen LogP contribution in [0.15, 0.2) is 59.7 Å². The molecule has 1 aromatic heterocycles. The van der Waals surface area contributed by atoms with Gasteiger partial charge in [0.2, 0.25) is 0 Å². The predicted octanol–water partition coefficient (Wildman–Crippen LogP) is 2.56. The third kappa shape index (κ3) is 3.29. The van der Waals surface area contributed by atoms with Crippen molar-refractivity contribution in [1.29, 1.82) is 0 Å². The quantitative estimate of drug-likeness (QED) is 0.695. The Balaban J connectivity index is 1.67. The van der Waals surface area contributed by atoms with Gasteiger partial charge in [-0.25, -0.2) is 9.78 Å². The first-order valence-electron chi connectivity index (χ1n) is 7.33. The van der Waals surface area contributed by atoms with Gasteiger partial charge < -0.3 is 4.74 Å². The zero-order chi connectivity index (χ0) is 16.2. The molecule has 0 atom stereocenters. The van der Waals surface area contributed by atoms with Gasteiger partial charge in [0.15, 0.2) is 0 Å². The molecule has 0 bridgehead atoms. The Morgan fingerprint density at radius 2 is 1.87 bits per heavy atom. The van der Waals surface area contributed by atoms with Crippen molar-refractivity contribution in [3.63, 3.8) is 0 Å². The summed E-state index contributed by atoms with van der Waals surface area (Å²) in [6.45, 7) is 2.34. The molecule has 0 saturated heterocycles. The van der Waals surface area contributed by atoms with Gasteiger partial charge in [0, 0.05) is 0 Å². The lowest BCUT2D eigenvalue weighted by Crippen LogP contribution is -2.23. The van der Waals surface area contributed by atoms with E-state index < -0.39 is 5.97 Å². The standard InChI is InChI=1S/C18H16N2O3/c1-13-6-8-14(9-7-13)18(22)23-11-10-20-12-19-16-5-3-2-4-15(16)17(20)21/h2-9,12H,10-11H2,1H3. The first-order valence-corrected chi connectivity index (χ1v) is 7.33. The molecule has 0 aliphatic heterocycles. The highest BCUT2D eigenvalue weighted by Crippen LogP contribution is 2.06. The molecule has 1 heterocycles. The van der Waals surface area contributed by atoms with Gasteiger partial charge in [-0.15, -0.1) is 0 Å². The number of rotatable bonds is 4. The average molecular weight is 308 g/mol. The molecular formula is C18H16N2O3. The number of carbonyl (C=O) groups excluding carboxylic acids is 1. The first kappa shape index (κ1) is 15.0. The topological polar surface area (TPSA) is 61.2 Å². The van der Waals surface area contributed by atoms with Crippen molar-refractivity contribution in [2.24, 2.45) is 0 Å². The Kier molecular flexibility index (Phi) is 4.19. The van der Waals surface area contributed by atoms with Crippen LogP contribution in [0.4, 0.5) is 0 Å². The lowest BCUT2D eigenvalue weighted by molar-refractivity contribution is 0.0490. The van der Waals surface area contributed by atoms with E-state index in [9.17, 15) is 9.59 Å². The van der Waals surface area contributed by atoms with Gasteiger partial charge in [-0.2, -0.15) is 0 Å². The minimum Gasteiger partial charge on any atom is -0.460 e. The molecule has 0 amide bonds. The zero-order valence-corrected chi connectivity index (χ0v) is 12.7. The van der Waals surface area contributed by atoms with Gasteiger partial charge in [0.25, 0.3) is 5.56 Å². The van der Waals surface area contributed by atoms with Gasteiger partial charge >= 0.3 is 5.97 Å². The molecule has 116 valence electrons. The number of nitrogens with zero attached hydrogens (tertiary/aromatic N) is 2. The number of hydrogen-bond acceptors (Lipinski definition) is 4. The van der Waals surface area contributed by atoms with Crippen LogP contribution in [0.2, 0.25) is 0 Å². The lowest BCUT2D eigenvalue weighted by atomic mass is 10.1. The molecule has 0 aliphatic rings. The molecule has 0 N–H and O–H groups in total. The van der Waals surface area contributed by atoms with Gasteiger partial charge in [-0.1, -0.05) is 29.8 Å². The molecule has 0 saturated carbocycles. The minimum atomic E-state index is -0.396. The Hall–Kier alpha value is -2.95. The number of carbonyl (C=O) groups is 1. The van der Waals surface area contributed by atoms with Gasteiger partial charge in [0.05, 0.1) is 29.3 Å². The molecular weight excluding hydrogens is 292 g/mol. The molecule has 3 rings (SSSR count). The second kappa shape index (κ2) is 6.44. The monoisotopic (exact) mass is 308 g/mol. The van der Waals surface area contributed by atoms with Gasteiger partial charge in [-0.05, 0) is 31.2 Å². The highest BCUT2D eigenvalue weighted by molar-refractivity contribution is 5.89. The van der Waals surface area contributed by atoms with Crippen LogP contribution in [-0.4, -0.2) is 22.1 Å². The summed E-state index contributed by atoms with van der Waals surface area (Å²) in [4.78, 5) is 28.4. The Labute approximate surface area is 133 Å². The van der Waals surface area contributed by atoms with E-state index in [0.29, 0.717) is 16.5 Å². The van der Waals surface area contributed by atoms with Crippen molar-refractivity contribution in [3.05, 3.63) is 76.3 Å². The summed E-state index contributed by atoms with van der Waals surface area (Å²) >= 11 is 0. The fourth-order valence-corrected chi connectivity index (χ4v) is 2.28. The summed E-state index contributed by atoms with van der Waals surface area (Å²) in [6, 6.07) is 14.3. The van der Waals surface area contributed by atoms with Crippen molar-refractivity contribution >= 4 is 16.9 Å². The van der Waals surface area contributed by atoms with Crippen LogP contribution < -0.4 is 5.56 Å². The maximum atomic E-state index is 12.3. The van der Waals surface area contributed by atoms with Crippen LogP contribution in [0.1, 0.15) is 15.9 Å². The van der Waals surface area contributed by atoms with Crippen molar-refractivity contribution in [2.75, 3.05) is 6.61 Å². The largest absolute Gasteiger partial charge is 0.460 e. The fourth-order valence-electron chi connectivity index (χ4n) is 2.28. The third-order valence-corrected chi connectivity index (χ3v) is 3.58. The Morgan fingerprint density at radius 1 is 1.13 bits per heavy atom. The molecule has 0 radical (unpaired) electrons. The normalized spacial score (nSPS) is 10.7. The molecule has 0 unspecified atom stereocenters. The SMILES string of the molecule is Cc1ccc(C(=O)OCCn2cnc3ccccc3c2=O)cc1. The maximum Gasteiger partial charge on any atom is 0.338 e. The molecule has 0 fully saturated rings. The van der Waals surface area contributed by atoms with Crippen LogP contribution in [-0.2, 0) is 11.3 Å². The van der Waals surface area contributed by atoms with E-state index in [1.165, 1.54) is 10.9 Å². The van der Waals surface area contributed by atoms with E-state index >= 15 is 0 Å².